The number of hydrogen-bond donors (Lipinski definition) is 2. The van der Waals surface area contributed by atoms with E-state index < -0.39 is 11.9 Å². The van der Waals surface area contributed by atoms with E-state index in [9.17, 15) is 14.4 Å². The van der Waals surface area contributed by atoms with Gasteiger partial charge in [0.1, 0.15) is 0 Å². The first-order valence-corrected chi connectivity index (χ1v) is 8.26. The summed E-state index contributed by atoms with van der Waals surface area (Å²) in [6.45, 7) is 3.43. The van der Waals surface area contributed by atoms with Gasteiger partial charge in [0.2, 0.25) is 0 Å². The van der Waals surface area contributed by atoms with Gasteiger partial charge in [-0.3, -0.25) is 9.59 Å². The Balaban J connectivity index is 2.16. The topological polar surface area (TPSA) is 95.9 Å². The number of carbonyl (C=O) groups is 3. The van der Waals surface area contributed by atoms with Crippen LogP contribution in [0.2, 0.25) is 0 Å². The first-order valence-electron chi connectivity index (χ1n) is 8.26. The number of likely N-dealkylation sites (tertiary alicyclic amines) is 1. The molecular formula is C16H28N2O5. The minimum atomic E-state index is -0.833. The second kappa shape index (κ2) is 10.1. The van der Waals surface area contributed by atoms with Gasteiger partial charge in [0, 0.05) is 26.1 Å². The van der Waals surface area contributed by atoms with Crippen LogP contribution >= 0.6 is 0 Å². The third kappa shape index (κ3) is 7.34. The van der Waals surface area contributed by atoms with E-state index in [0.29, 0.717) is 25.9 Å². The number of ether oxygens (including phenoxy) is 1. The van der Waals surface area contributed by atoms with E-state index in [1.807, 2.05) is 6.92 Å². The molecule has 1 rings (SSSR count). The lowest BCUT2D eigenvalue weighted by molar-refractivity contribution is -0.144. The summed E-state index contributed by atoms with van der Waals surface area (Å²) in [5.41, 5.74) is 0. The average Bonchev–Trinajstić information content (AvgIpc) is 2.52. The Labute approximate surface area is 137 Å². The monoisotopic (exact) mass is 328 g/mol. The van der Waals surface area contributed by atoms with Crippen molar-refractivity contribution in [2.45, 2.75) is 45.4 Å². The number of methoxy groups -OCH3 is 1. The van der Waals surface area contributed by atoms with E-state index in [4.69, 9.17) is 5.11 Å². The lowest BCUT2D eigenvalue weighted by Gasteiger charge is -2.34. The summed E-state index contributed by atoms with van der Waals surface area (Å²) in [6, 6.07) is -0.183. The Hall–Kier alpha value is -1.79. The molecule has 0 aliphatic carbocycles. The van der Waals surface area contributed by atoms with Gasteiger partial charge in [0.25, 0.3) is 0 Å². The van der Waals surface area contributed by atoms with Crippen molar-refractivity contribution in [3.63, 3.8) is 0 Å². The summed E-state index contributed by atoms with van der Waals surface area (Å²) >= 11 is 0. The lowest BCUT2D eigenvalue weighted by Crippen LogP contribution is -2.49. The van der Waals surface area contributed by atoms with Gasteiger partial charge in [-0.15, -0.1) is 0 Å². The third-order valence-corrected chi connectivity index (χ3v) is 4.11. The van der Waals surface area contributed by atoms with E-state index in [0.717, 1.165) is 25.7 Å². The molecule has 0 saturated carbocycles. The molecule has 1 aliphatic rings. The van der Waals surface area contributed by atoms with Crippen molar-refractivity contribution in [2.75, 3.05) is 26.7 Å². The summed E-state index contributed by atoms with van der Waals surface area (Å²) in [7, 11) is 1.38. The van der Waals surface area contributed by atoms with Crippen molar-refractivity contribution in [1.29, 1.82) is 0 Å². The number of piperidine rings is 1. The molecule has 7 heteroatoms. The molecule has 2 unspecified atom stereocenters. The van der Waals surface area contributed by atoms with Gasteiger partial charge in [0.05, 0.1) is 13.0 Å². The maximum atomic E-state index is 12.1. The van der Waals surface area contributed by atoms with E-state index in [-0.39, 0.29) is 24.5 Å². The number of nitrogens with one attached hydrogen (secondary N) is 1. The van der Waals surface area contributed by atoms with Crippen molar-refractivity contribution in [1.82, 2.24) is 10.2 Å². The molecule has 1 saturated heterocycles. The van der Waals surface area contributed by atoms with E-state index in [1.165, 1.54) is 7.11 Å². The quantitative estimate of drug-likeness (QED) is 0.524. The average molecular weight is 328 g/mol. The van der Waals surface area contributed by atoms with Crippen molar-refractivity contribution in [3.05, 3.63) is 0 Å². The maximum absolute atomic E-state index is 12.1. The molecule has 0 aromatic rings. The lowest BCUT2D eigenvalue weighted by atomic mass is 9.91. The highest BCUT2D eigenvalue weighted by atomic mass is 16.5. The second-order valence-corrected chi connectivity index (χ2v) is 6.25. The van der Waals surface area contributed by atoms with Gasteiger partial charge in [-0.1, -0.05) is 19.8 Å². The number of urea groups is 1. The van der Waals surface area contributed by atoms with Gasteiger partial charge in [0.15, 0.2) is 0 Å². The zero-order valence-corrected chi connectivity index (χ0v) is 14.0. The number of hydrogen-bond acceptors (Lipinski definition) is 4. The van der Waals surface area contributed by atoms with Crippen LogP contribution in [0.25, 0.3) is 0 Å². The number of carboxylic acids is 1. The fourth-order valence-electron chi connectivity index (χ4n) is 2.85. The number of amides is 2. The van der Waals surface area contributed by atoms with Crippen LogP contribution in [-0.4, -0.2) is 54.7 Å². The Bertz CT molecular complexity index is 413. The molecule has 2 atom stereocenters. The van der Waals surface area contributed by atoms with Gasteiger partial charge in [-0.25, -0.2) is 4.79 Å². The minimum absolute atomic E-state index is 0.183. The highest BCUT2D eigenvalue weighted by Crippen LogP contribution is 2.21. The van der Waals surface area contributed by atoms with Crippen molar-refractivity contribution < 1.29 is 24.2 Å². The Morgan fingerprint density at radius 1 is 1.17 bits per heavy atom. The summed E-state index contributed by atoms with van der Waals surface area (Å²) < 4.78 is 4.57. The van der Waals surface area contributed by atoms with E-state index in [1.54, 1.807) is 4.90 Å². The fourth-order valence-corrected chi connectivity index (χ4v) is 2.85. The standard InChI is InChI=1S/C16H28N2O5/c1-12-9-13(15(20)21)11-18(10-12)16(22)17-8-6-4-3-5-7-14(19)23-2/h12-13H,3-11H2,1-2H3,(H,17,22)(H,20,21). The molecule has 1 aliphatic heterocycles. The second-order valence-electron chi connectivity index (χ2n) is 6.25. The van der Waals surface area contributed by atoms with Gasteiger partial charge >= 0.3 is 18.0 Å². The number of esters is 1. The van der Waals surface area contributed by atoms with Crippen LogP contribution in [0.1, 0.15) is 45.4 Å². The predicted octanol–water partition coefficient (Wildman–Crippen LogP) is 1.86. The van der Waals surface area contributed by atoms with Crippen molar-refractivity contribution in [3.8, 4) is 0 Å². The zero-order valence-electron chi connectivity index (χ0n) is 14.0. The van der Waals surface area contributed by atoms with Crippen molar-refractivity contribution >= 4 is 18.0 Å². The molecule has 2 N–H and O–H groups in total. The molecule has 0 spiro atoms. The van der Waals surface area contributed by atoms with Gasteiger partial charge < -0.3 is 20.1 Å². The number of carboxylic acid groups (broad SMARTS) is 1. The normalized spacial score (nSPS) is 20.9. The predicted molar refractivity (Wildman–Crippen MR) is 85.0 cm³/mol. The molecule has 0 radical (unpaired) electrons. The number of carbonyl (C=O) groups excluding carboxylic acids is 2. The molecule has 2 amide bonds. The first kappa shape index (κ1) is 19.3. The van der Waals surface area contributed by atoms with Gasteiger partial charge in [-0.2, -0.15) is 0 Å². The molecule has 132 valence electrons. The van der Waals surface area contributed by atoms with E-state index in [2.05, 4.69) is 10.1 Å². The number of aliphatic carboxylic acids is 1. The highest BCUT2D eigenvalue weighted by molar-refractivity contribution is 5.76. The van der Waals surface area contributed by atoms with Crippen LogP contribution in [0.5, 0.6) is 0 Å². The zero-order chi connectivity index (χ0) is 17.2. The van der Waals surface area contributed by atoms with Gasteiger partial charge in [-0.05, 0) is 25.2 Å². The molecule has 0 aromatic carbocycles. The van der Waals surface area contributed by atoms with Crippen LogP contribution in [-0.2, 0) is 14.3 Å². The number of unbranched alkanes of at least 4 members (excludes halogenated alkanes) is 3. The molecule has 1 fully saturated rings. The Morgan fingerprint density at radius 2 is 1.87 bits per heavy atom. The number of rotatable bonds is 8. The Morgan fingerprint density at radius 3 is 2.52 bits per heavy atom. The molecule has 7 nitrogen and oxygen atoms in total. The summed E-state index contributed by atoms with van der Waals surface area (Å²) in [4.78, 5) is 35.7. The summed E-state index contributed by atoms with van der Waals surface area (Å²) in [6.07, 6.45) is 4.56. The smallest absolute Gasteiger partial charge is 0.317 e. The molecule has 0 bridgehead atoms. The molecule has 0 aromatic heterocycles. The van der Waals surface area contributed by atoms with Crippen LogP contribution in [0.15, 0.2) is 0 Å². The molecule has 23 heavy (non-hydrogen) atoms. The minimum Gasteiger partial charge on any atom is -0.481 e. The van der Waals surface area contributed by atoms with Crippen LogP contribution in [0.3, 0.4) is 0 Å². The van der Waals surface area contributed by atoms with E-state index >= 15 is 0 Å². The Kier molecular flexibility index (Phi) is 8.43. The van der Waals surface area contributed by atoms with Crippen LogP contribution in [0.4, 0.5) is 4.79 Å². The van der Waals surface area contributed by atoms with Crippen LogP contribution in [0, 0.1) is 11.8 Å². The molecular weight excluding hydrogens is 300 g/mol. The summed E-state index contributed by atoms with van der Waals surface area (Å²) in [5, 5.41) is 12.0. The number of nitrogens with zero attached hydrogens (tertiary/aromatic N) is 1. The third-order valence-electron chi connectivity index (χ3n) is 4.11. The van der Waals surface area contributed by atoms with Crippen molar-refractivity contribution in [2.24, 2.45) is 11.8 Å². The summed E-state index contributed by atoms with van der Waals surface area (Å²) in [5.74, 6) is -1.29. The van der Waals surface area contributed by atoms with Crippen LogP contribution < -0.4 is 5.32 Å². The first-order chi connectivity index (χ1) is 10.9. The molecule has 1 heterocycles. The maximum Gasteiger partial charge on any atom is 0.317 e. The highest BCUT2D eigenvalue weighted by Gasteiger charge is 2.31. The largest absolute Gasteiger partial charge is 0.481 e. The fraction of sp³-hybridized carbons (Fsp3) is 0.812. The SMILES string of the molecule is COC(=O)CCCCCCNC(=O)N1CC(C)CC(C(=O)O)C1.